The fraction of sp³-hybridized carbons (Fsp3) is 0.263. The topological polar surface area (TPSA) is 76.1 Å². The van der Waals surface area contributed by atoms with Gasteiger partial charge >= 0.3 is 5.97 Å². The van der Waals surface area contributed by atoms with Gasteiger partial charge in [0, 0.05) is 13.6 Å². The molecule has 0 saturated heterocycles. The van der Waals surface area contributed by atoms with Crippen LogP contribution in [0.5, 0.6) is 11.5 Å². The van der Waals surface area contributed by atoms with E-state index in [0.717, 1.165) is 5.56 Å². The Bertz CT molecular complexity index is 776. The summed E-state index contributed by atoms with van der Waals surface area (Å²) in [7, 11) is 3.05. The molecular formula is C19H20FNO5. The maximum atomic E-state index is 13.7. The van der Waals surface area contributed by atoms with Crippen LogP contribution in [-0.4, -0.2) is 42.6 Å². The first-order valence-corrected chi connectivity index (χ1v) is 7.89. The van der Waals surface area contributed by atoms with Crippen LogP contribution in [0.15, 0.2) is 42.5 Å². The molecule has 1 N–H and O–H groups in total. The Morgan fingerprint density at radius 1 is 1.12 bits per heavy atom. The summed E-state index contributed by atoms with van der Waals surface area (Å²) in [6, 6.07) is 11.3. The van der Waals surface area contributed by atoms with Gasteiger partial charge in [-0.05, 0) is 35.4 Å². The first-order valence-electron chi connectivity index (χ1n) is 7.89. The first-order chi connectivity index (χ1) is 12.4. The van der Waals surface area contributed by atoms with Gasteiger partial charge in [-0.2, -0.15) is 0 Å². The van der Waals surface area contributed by atoms with Crippen LogP contribution in [0.1, 0.15) is 11.1 Å². The van der Waals surface area contributed by atoms with Crippen molar-refractivity contribution in [3.63, 3.8) is 0 Å². The van der Waals surface area contributed by atoms with Crippen molar-refractivity contribution in [1.82, 2.24) is 4.90 Å². The van der Waals surface area contributed by atoms with Gasteiger partial charge in [0.15, 0.2) is 18.2 Å². The minimum Gasteiger partial charge on any atom is -0.494 e. The number of halogens is 1. The maximum Gasteiger partial charge on any atom is 0.341 e. The monoisotopic (exact) mass is 361 g/mol. The number of ether oxygens (including phenoxy) is 2. The lowest BCUT2D eigenvalue weighted by Crippen LogP contribution is -2.27. The standard InChI is InChI=1S/C19H20FNO5/c1-21(11-13-3-6-15(7-4-13)26-12-19(23)24)18(22)10-14-5-8-17(25-2)16(20)9-14/h3-9H,10-12H2,1-2H3,(H,23,24). The van der Waals surface area contributed by atoms with Gasteiger partial charge in [0.2, 0.25) is 5.91 Å². The van der Waals surface area contributed by atoms with Gasteiger partial charge in [-0.1, -0.05) is 18.2 Å². The lowest BCUT2D eigenvalue weighted by Gasteiger charge is -2.18. The Kier molecular flexibility index (Phi) is 6.54. The number of rotatable bonds is 8. The second-order valence-corrected chi connectivity index (χ2v) is 5.72. The summed E-state index contributed by atoms with van der Waals surface area (Å²) in [6.07, 6.45) is 0.0806. The third-order valence-corrected chi connectivity index (χ3v) is 3.70. The number of hydrogen-bond acceptors (Lipinski definition) is 4. The Balaban J connectivity index is 1.92. The Labute approximate surface area is 150 Å². The van der Waals surface area contributed by atoms with Gasteiger partial charge in [0.25, 0.3) is 0 Å². The van der Waals surface area contributed by atoms with Crippen LogP contribution in [0, 0.1) is 5.82 Å². The van der Waals surface area contributed by atoms with E-state index >= 15 is 0 Å². The fourth-order valence-corrected chi connectivity index (χ4v) is 2.33. The highest BCUT2D eigenvalue weighted by atomic mass is 19.1. The molecule has 0 unspecified atom stereocenters. The Morgan fingerprint density at radius 2 is 1.77 bits per heavy atom. The average molecular weight is 361 g/mol. The minimum absolute atomic E-state index is 0.0806. The van der Waals surface area contributed by atoms with Crippen LogP contribution in [0.2, 0.25) is 0 Å². The van der Waals surface area contributed by atoms with Crippen molar-refractivity contribution >= 4 is 11.9 Å². The van der Waals surface area contributed by atoms with Crippen molar-refractivity contribution in [3.05, 3.63) is 59.4 Å². The molecule has 0 spiro atoms. The fourth-order valence-electron chi connectivity index (χ4n) is 2.33. The maximum absolute atomic E-state index is 13.7. The van der Waals surface area contributed by atoms with Gasteiger partial charge in [0.05, 0.1) is 13.5 Å². The van der Waals surface area contributed by atoms with Crippen LogP contribution < -0.4 is 9.47 Å². The van der Waals surface area contributed by atoms with E-state index in [1.54, 1.807) is 37.4 Å². The molecular weight excluding hydrogens is 341 g/mol. The number of hydrogen-bond donors (Lipinski definition) is 1. The number of methoxy groups -OCH3 is 1. The second kappa shape index (κ2) is 8.84. The summed E-state index contributed by atoms with van der Waals surface area (Å²) in [6.45, 7) is -0.0349. The molecule has 7 heteroatoms. The van der Waals surface area contributed by atoms with E-state index in [9.17, 15) is 14.0 Å². The van der Waals surface area contributed by atoms with Crippen LogP contribution in [0.3, 0.4) is 0 Å². The zero-order chi connectivity index (χ0) is 19.1. The molecule has 0 radical (unpaired) electrons. The van der Waals surface area contributed by atoms with E-state index in [-0.39, 0.29) is 18.1 Å². The zero-order valence-corrected chi connectivity index (χ0v) is 14.6. The number of aliphatic carboxylic acids is 1. The van der Waals surface area contributed by atoms with Gasteiger partial charge in [-0.3, -0.25) is 4.79 Å². The Morgan fingerprint density at radius 3 is 2.35 bits per heavy atom. The van der Waals surface area contributed by atoms with Crippen molar-refractivity contribution in [1.29, 1.82) is 0 Å². The van der Waals surface area contributed by atoms with Crippen molar-refractivity contribution < 1.29 is 28.6 Å². The van der Waals surface area contributed by atoms with E-state index in [1.165, 1.54) is 24.1 Å². The number of carbonyl (C=O) groups excluding carboxylic acids is 1. The van der Waals surface area contributed by atoms with Crippen molar-refractivity contribution in [3.8, 4) is 11.5 Å². The molecule has 0 atom stereocenters. The summed E-state index contributed by atoms with van der Waals surface area (Å²) in [5.74, 6) is -1.12. The predicted octanol–water partition coefficient (Wildman–Crippen LogP) is 2.50. The highest BCUT2D eigenvalue weighted by molar-refractivity contribution is 5.78. The molecule has 138 valence electrons. The molecule has 2 rings (SSSR count). The van der Waals surface area contributed by atoms with Crippen LogP contribution >= 0.6 is 0 Å². The molecule has 0 bridgehead atoms. The normalized spacial score (nSPS) is 10.3. The van der Waals surface area contributed by atoms with Crippen molar-refractivity contribution in [2.45, 2.75) is 13.0 Å². The lowest BCUT2D eigenvalue weighted by molar-refractivity contribution is -0.139. The molecule has 0 aliphatic carbocycles. The number of carboxylic acids is 1. The van der Waals surface area contributed by atoms with Crippen LogP contribution in [0.4, 0.5) is 4.39 Å². The van der Waals surface area contributed by atoms with Crippen LogP contribution in [-0.2, 0) is 22.6 Å². The van der Waals surface area contributed by atoms with Crippen LogP contribution in [0.25, 0.3) is 0 Å². The number of carboxylic acid groups (broad SMARTS) is 1. The van der Waals surface area contributed by atoms with Gasteiger partial charge < -0.3 is 19.5 Å². The van der Waals surface area contributed by atoms with E-state index in [1.807, 2.05) is 0 Å². The highest BCUT2D eigenvalue weighted by Crippen LogP contribution is 2.19. The largest absolute Gasteiger partial charge is 0.494 e. The van der Waals surface area contributed by atoms with Crippen molar-refractivity contribution in [2.24, 2.45) is 0 Å². The molecule has 0 aliphatic heterocycles. The van der Waals surface area contributed by atoms with Gasteiger partial charge in [-0.25, -0.2) is 9.18 Å². The molecule has 1 amide bonds. The molecule has 0 aromatic heterocycles. The Hall–Kier alpha value is -3.09. The smallest absolute Gasteiger partial charge is 0.341 e. The quantitative estimate of drug-likeness (QED) is 0.782. The van der Waals surface area contributed by atoms with E-state index in [2.05, 4.69) is 0 Å². The van der Waals surface area contributed by atoms with Gasteiger partial charge in [0.1, 0.15) is 5.75 Å². The number of likely N-dealkylation sites (N-methyl/N-ethyl adjacent to an activating group) is 1. The summed E-state index contributed by atoms with van der Waals surface area (Å²) in [5, 5.41) is 8.58. The van der Waals surface area contributed by atoms with Gasteiger partial charge in [-0.15, -0.1) is 0 Å². The molecule has 0 saturated carbocycles. The number of nitrogens with zero attached hydrogens (tertiary/aromatic N) is 1. The van der Waals surface area contributed by atoms with E-state index < -0.39 is 18.4 Å². The zero-order valence-electron chi connectivity index (χ0n) is 14.6. The lowest BCUT2D eigenvalue weighted by atomic mass is 10.1. The highest BCUT2D eigenvalue weighted by Gasteiger charge is 2.12. The van der Waals surface area contributed by atoms with E-state index in [0.29, 0.717) is 17.9 Å². The molecule has 2 aromatic rings. The SMILES string of the molecule is COc1ccc(CC(=O)N(C)Cc2ccc(OCC(=O)O)cc2)cc1F. The number of benzene rings is 2. The molecule has 2 aromatic carbocycles. The van der Waals surface area contributed by atoms with Crippen molar-refractivity contribution in [2.75, 3.05) is 20.8 Å². The second-order valence-electron chi connectivity index (χ2n) is 5.72. The molecule has 26 heavy (non-hydrogen) atoms. The molecule has 0 fully saturated rings. The summed E-state index contributed by atoms with van der Waals surface area (Å²) in [5.41, 5.74) is 1.43. The third-order valence-electron chi connectivity index (χ3n) is 3.70. The molecule has 6 nitrogen and oxygen atoms in total. The first kappa shape index (κ1) is 19.2. The molecule has 0 aliphatic rings. The number of carbonyl (C=O) groups is 2. The average Bonchev–Trinajstić information content (AvgIpc) is 2.61. The number of amides is 1. The summed E-state index contributed by atoms with van der Waals surface area (Å²) < 4.78 is 23.6. The third kappa shape index (κ3) is 5.47. The minimum atomic E-state index is -1.05. The predicted molar refractivity (Wildman–Crippen MR) is 92.7 cm³/mol. The molecule has 0 heterocycles. The summed E-state index contributed by atoms with van der Waals surface area (Å²) >= 11 is 0. The van der Waals surface area contributed by atoms with E-state index in [4.69, 9.17) is 14.6 Å². The summed E-state index contributed by atoms with van der Waals surface area (Å²) in [4.78, 5) is 24.3.